The maximum absolute atomic E-state index is 14.0. The Morgan fingerprint density at radius 2 is 1.81 bits per heavy atom. The van der Waals surface area contributed by atoms with E-state index in [9.17, 15) is 9.59 Å². The molecule has 0 N–H and O–H groups in total. The number of hydrogen-bond donors (Lipinski definition) is 0. The van der Waals surface area contributed by atoms with Crippen molar-refractivity contribution in [2.45, 2.75) is 99.3 Å². The van der Waals surface area contributed by atoms with Crippen LogP contribution in [0.3, 0.4) is 0 Å². The molecule has 0 radical (unpaired) electrons. The van der Waals surface area contributed by atoms with Crippen molar-refractivity contribution in [3.63, 3.8) is 0 Å². The summed E-state index contributed by atoms with van der Waals surface area (Å²) in [5.41, 5.74) is 1.69. The largest absolute Gasteiger partial charge is 0.466 e. The van der Waals surface area contributed by atoms with Gasteiger partial charge in [-0.3, -0.25) is 9.59 Å². The highest BCUT2D eigenvalue weighted by Gasteiger charge is 2.64. The summed E-state index contributed by atoms with van der Waals surface area (Å²) in [7, 11) is 0. The van der Waals surface area contributed by atoms with E-state index in [-0.39, 0.29) is 17.3 Å². The zero-order valence-corrected chi connectivity index (χ0v) is 21.4. The Labute approximate surface area is 196 Å². The molecule has 0 aromatic heterocycles. The van der Waals surface area contributed by atoms with Gasteiger partial charge in [-0.15, -0.1) is 0 Å². The van der Waals surface area contributed by atoms with Crippen molar-refractivity contribution in [1.29, 1.82) is 0 Å². The van der Waals surface area contributed by atoms with Crippen molar-refractivity contribution in [1.82, 2.24) is 0 Å². The highest BCUT2D eigenvalue weighted by Crippen LogP contribution is 2.68. The lowest BCUT2D eigenvalue weighted by Gasteiger charge is -2.61. The molecule has 4 aliphatic rings. The first-order valence-electron chi connectivity index (χ1n) is 13.5. The van der Waals surface area contributed by atoms with Gasteiger partial charge in [0.25, 0.3) is 0 Å². The van der Waals surface area contributed by atoms with Crippen LogP contribution in [0, 0.1) is 52.3 Å². The van der Waals surface area contributed by atoms with Crippen LogP contribution >= 0.6 is 0 Å². The van der Waals surface area contributed by atoms with Crippen molar-refractivity contribution in [3.8, 4) is 0 Å². The number of hydrogen-bond acceptors (Lipinski definition) is 3. The molecule has 7 unspecified atom stereocenters. The molecule has 0 aromatic carbocycles. The van der Waals surface area contributed by atoms with Crippen LogP contribution in [0.4, 0.5) is 0 Å². The molecule has 0 bridgehead atoms. The minimum Gasteiger partial charge on any atom is -0.466 e. The van der Waals surface area contributed by atoms with E-state index in [0.29, 0.717) is 53.8 Å². The van der Waals surface area contributed by atoms with Crippen LogP contribution in [0.2, 0.25) is 0 Å². The molecular weight excluding hydrogens is 396 g/mol. The third kappa shape index (κ3) is 3.70. The number of ether oxygens (including phenoxy) is 1. The lowest BCUT2D eigenvalue weighted by molar-refractivity contribution is -0.148. The second-order valence-corrected chi connectivity index (χ2v) is 12.3. The number of rotatable bonds is 5. The van der Waals surface area contributed by atoms with Gasteiger partial charge in [-0.2, -0.15) is 0 Å². The SMILES string of the molecule is C/C=C1\C(=O)C2C(CCC3(C)C2CCC3[C@H](C)CCC(=O)OCC)C2(C)CC[C@@H](C)CC12. The molecule has 4 saturated carbocycles. The van der Waals surface area contributed by atoms with E-state index in [1.807, 2.05) is 6.92 Å². The fourth-order valence-corrected chi connectivity index (χ4v) is 9.16. The Morgan fingerprint density at radius 1 is 1.12 bits per heavy atom. The second kappa shape index (κ2) is 8.91. The van der Waals surface area contributed by atoms with Gasteiger partial charge in [-0.05, 0) is 111 Å². The standard InChI is InChI=1S/C29H46O3/c1-7-20-24-17-18(3)13-15-29(24,6)23-14-16-28(5)21(10-11-22(28)26(23)27(20)31)19(4)9-12-25(30)32-8-2/h7,18-19,21-24,26H,8-17H2,1-6H3/b20-7-/t18-,19-,21?,22?,23?,24?,26?,28?,29?/m1/s1. The van der Waals surface area contributed by atoms with Crippen LogP contribution in [0.1, 0.15) is 99.3 Å². The summed E-state index contributed by atoms with van der Waals surface area (Å²) in [5, 5.41) is 0. The Kier molecular flexibility index (Phi) is 6.69. The average molecular weight is 443 g/mol. The van der Waals surface area contributed by atoms with Crippen molar-refractivity contribution >= 4 is 11.8 Å². The van der Waals surface area contributed by atoms with Gasteiger partial charge in [0.1, 0.15) is 0 Å². The monoisotopic (exact) mass is 442 g/mol. The first kappa shape index (κ1) is 24.0. The normalized spacial score (nSPS) is 45.7. The maximum atomic E-state index is 14.0. The molecule has 0 amide bonds. The molecule has 4 aliphatic carbocycles. The fourth-order valence-electron chi connectivity index (χ4n) is 9.16. The van der Waals surface area contributed by atoms with Crippen LogP contribution in [0.25, 0.3) is 0 Å². The number of carbonyl (C=O) groups excluding carboxylic acids is 2. The summed E-state index contributed by atoms with van der Waals surface area (Å²) in [6.45, 7) is 14.2. The molecule has 180 valence electrons. The zero-order valence-electron chi connectivity index (χ0n) is 21.4. The van der Waals surface area contributed by atoms with E-state index in [4.69, 9.17) is 4.74 Å². The molecule has 32 heavy (non-hydrogen) atoms. The summed E-state index contributed by atoms with van der Waals surface area (Å²) < 4.78 is 5.17. The number of Topliss-reactive ketones (excluding diaryl/α,β-unsaturated/α-hetero) is 1. The maximum Gasteiger partial charge on any atom is 0.305 e. The molecule has 4 rings (SSSR count). The van der Waals surface area contributed by atoms with E-state index in [2.05, 4.69) is 40.7 Å². The molecule has 0 aliphatic heterocycles. The van der Waals surface area contributed by atoms with Crippen LogP contribution in [-0.2, 0) is 14.3 Å². The van der Waals surface area contributed by atoms with Crippen molar-refractivity contribution in [3.05, 3.63) is 11.6 Å². The van der Waals surface area contributed by atoms with Gasteiger partial charge in [-0.1, -0.05) is 40.2 Å². The molecular formula is C29H46O3. The summed E-state index contributed by atoms with van der Waals surface area (Å²) in [6.07, 6.45) is 12.3. The Bertz CT molecular complexity index is 768. The van der Waals surface area contributed by atoms with Crippen LogP contribution in [-0.4, -0.2) is 18.4 Å². The van der Waals surface area contributed by atoms with Gasteiger partial charge >= 0.3 is 5.97 Å². The molecule has 0 heterocycles. The minimum absolute atomic E-state index is 0.0616. The summed E-state index contributed by atoms with van der Waals surface area (Å²) in [4.78, 5) is 26.0. The second-order valence-electron chi connectivity index (χ2n) is 12.3. The van der Waals surface area contributed by atoms with Crippen LogP contribution in [0.5, 0.6) is 0 Å². The molecule has 0 spiro atoms. The smallest absolute Gasteiger partial charge is 0.305 e. The molecule has 0 saturated heterocycles. The highest BCUT2D eigenvalue weighted by atomic mass is 16.5. The van der Waals surface area contributed by atoms with Gasteiger partial charge in [-0.25, -0.2) is 0 Å². The third-order valence-electron chi connectivity index (χ3n) is 10.9. The number of fused-ring (bicyclic) bond motifs is 5. The van der Waals surface area contributed by atoms with E-state index in [1.54, 1.807) is 0 Å². The van der Waals surface area contributed by atoms with Gasteiger partial charge < -0.3 is 4.74 Å². The van der Waals surface area contributed by atoms with Crippen LogP contribution < -0.4 is 0 Å². The summed E-state index contributed by atoms with van der Waals surface area (Å²) in [6, 6.07) is 0. The predicted molar refractivity (Wildman–Crippen MR) is 129 cm³/mol. The Balaban J connectivity index is 1.57. The van der Waals surface area contributed by atoms with E-state index >= 15 is 0 Å². The number of carbonyl (C=O) groups is 2. The van der Waals surface area contributed by atoms with E-state index in [0.717, 1.165) is 12.3 Å². The Hall–Kier alpha value is -1.12. The van der Waals surface area contributed by atoms with Gasteiger partial charge in [0.2, 0.25) is 0 Å². The van der Waals surface area contributed by atoms with Gasteiger partial charge in [0.05, 0.1) is 6.61 Å². The average Bonchev–Trinajstić information content (AvgIpc) is 3.11. The quantitative estimate of drug-likeness (QED) is 0.340. The highest BCUT2D eigenvalue weighted by molar-refractivity contribution is 5.99. The third-order valence-corrected chi connectivity index (χ3v) is 10.9. The topological polar surface area (TPSA) is 43.4 Å². The summed E-state index contributed by atoms with van der Waals surface area (Å²) in [5.74, 6) is 4.05. The van der Waals surface area contributed by atoms with E-state index in [1.165, 1.54) is 50.5 Å². The zero-order chi connectivity index (χ0) is 23.3. The number of ketones is 1. The van der Waals surface area contributed by atoms with Crippen molar-refractivity contribution in [2.75, 3.05) is 6.61 Å². The number of esters is 1. The molecule has 4 fully saturated rings. The molecule has 3 nitrogen and oxygen atoms in total. The van der Waals surface area contributed by atoms with Crippen molar-refractivity contribution < 1.29 is 14.3 Å². The lowest BCUT2D eigenvalue weighted by Crippen LogP contribution is -2.57. The molecule has 0 aromatic rings. The van der Waals surface area contributed by atoms with Gasteiger partial charge in [0, 0.05) is 12.3 Å². The molecule has 3 heteroatoms. The Morgan fingerprint density at radius 3 is 2.50 bits per heavy atom. The van der Waals surface area contributed by atoms with E-state index < -0.39 is 0 Å². The first-order chi connectivity index (χ1) is 15.2. The predicted octanol–water partition coefficient (Wildman–Crippen LogP) is 7.00. The fraction of sp³-hybridized carbons (Fsp3) is 0.862. The minimum atomic E-state index is -0.0616. The molecule has 9 atom stereocenters. The number of allylic oxidation sites excluding steroid dienone is 2. The lowest BCUT2D eigenvalue weighted by atomic mass is 9.42. The first-order valence-corrected chi connectivity index (χ1v) is 13.5. The summed E-state index contributed by atoms with van der Waals surface area (Å²) >= 11 is 0. The van der Waals surface area contributed by atoms with Crippen LogP contribution in [0.15, 0.2) is 11.6 Å². The van der Waals surface area contributed by atoms with Crippen molar-refractivity contribution in [2.24, 2.45) is 52.3 Å². The van der Waals surface area contributed by atoms with Gasteiger partial charge in [0.15, 0.2) is 5.78 Å².